The van der Waals surface area contributed by atoms with Crippen molar-refractivity contribution < 1.29 is 9.18 Å². The second-order valence-corrected chi connectivity index (χ2v) is 6.35. The Kier molecular flexibility index (Phi) is 2.83. The van der Waals surface area contributed by atoms with Crippen LogP contribution in [0.4, 0.5) is 4.39 Å². The molecule has 112 valence electrons. The molecule has 4 rings (SSSR count). The zero-order chi connectivity index (χ0) is 15.3. The number of fused-ring (bicyclic) bond motifs is 3. The van der Waals surface area contributed by atoms with Crippen molar-refractivity contribution >= 4 is 22.4 Å². The lowest BCUT2D eigenvalue weighted by atomic mass is 9.91. The van der Waals surface area contributed by atoms with Crippen molar-refractivity contribution in [3.63, 3.8) is 0 Å². The molecule has 0 radical (unpaired) electrons. The Hall–Kier alpha value is -2.23. The molecule has 0 bridgehead atoms. The predicted molar refractivity (Wildman–Crippen MR) is 84.6 cm³/mol. The Labute approximate surface area is 127 Å². The number of aryl methyl sites for hydroxylation is 1. The van der Waals surface area contributed by atoms with Crippen LogP contribution in [0.15, 0.2) is 30.5 Å². The molecule has 0 aliphatic heterocycles. The smallest absolute Gasteiger partial charge is 0.165 e. The van der Waals surface area contributed by atoms with E-state index in [9.17, 15) is 9.18 Å². The van der Waals surface area contributed by atoms with Gasteiger partial charge < -0.3 is 4.98 Å². The Morgan fingerprint density at radius 3 is 3.00 bits per heavy atom. The zero-order valence-electron chi connectivity index (χ0n) is 12.4. The topological polar surface area (TPSA) is 45.8 Å². The fourth-order valence-corrected chi connectivity index (χ4v) is 3.26. The van der Waals surface area contributed by atoms with Crippen LogP contribution >= 0.6 is 0 Å². The van der Waals surface area contributed by atoms with Crippen LogP contribution in [0.25, 0.3) is 16.6 Å². The van der Waals surface area contributed by atoms with E-state index in [0.717, 1.165) is 46.3 Å². The number of Topliss-reactive ketones (excluding diaryl/α,β-unsaturated/α-hetero) is 1. The molecule has 1 N–H and O–H groups in total. The Morgan fingerprint density at radius 2 is 2.23 bits per heavy atom. The number of aromatic amines is 1. The molecule has 2 aromatic rings. The van der Waals surface area contributed by atoms with Crippen LogP contribution in [0.5, 0.6) is 0 Å². The lowest BCUT2D eigenvalue weighted by Crippen LogP contribution is -2.15. The molecule has 0 unspecified atom stereocenters. The van der Waals surface area contributed by atoms with E-state index in [1.165, 1.54) is 0 Å². The minimum absolute atomic E-state index is 0.191. The largest absolute Gasteiger partial charge is 0.343 e. The fourth-order valence-electron chi connectivity index (χ4n) is 3.26. The van der Waals surface area contributed by atoms with Gasteiger partial charge in [0.05, 0.1) is 0 Å². The molecular formula is C18H17FN2O. The highest BCUT2D eigenvalue weighted by Gasteiger charge is 2.24. The SMILES string of the molecule is C[C@]1(F)C=CC(c2cnc3[nH]c4c(c3c2)C(=O)CCC4)=CC1. The van der Waals surface area contributed by atoms with Crippen LogP contribution in [0, 0.1) is 0 Å². The van der Waals surface area contributed by atoms with Gasteiger partial charge in [0.1, 0.15) is 11.3 Å². The highest BCUT2D eigenvalue weighted by molar-refractivity contribution is 6.09. The molecular weight excluding hydrogens is 279 g/mol. The molecule has 2 aliphatic carbocycles. The minimum atomic E-state index is -1.27. The summed E-state index contributed by atoms with van der Waals surface area (Å²) in [6.07, 6.45) is 9.82. The van der Waals surface area contributed by atoms with Crippen LogP contribution in [0.3, 0.4) is 0 Å². The Balaban J connectivity index is 1.82. The second-order valence-electron chi connectivity index (χ2n) is 6.35. The molecule has 4 heteroatoms. The van der Waals surface area contributed by atoms with Crippen molar-refractivity contribution in [3.8, 4) is 0 Å². The van der Waals surface area contributed by atoms with Crippen molar-refractivity contribution in [2.24, 2.45) is 0 Å². The number of hydrogen-bond acceptors (Lipinski definition) is 2. The van der Waals surface area contributed by atoms with Gasteiger partial charge in [-0.2, -0.15) is 0 Å². The van der Waals surface area contributed by atoms with E-state index in [4.69, 9.17) is 0 Å². The molecule has 0 fully saturated rings. The molecule has 0 amide bonds. The van der Waals surface area contributed by atoms with Gasteiger partial charge in [0.25, 0.3) is 0 Å². The van der Waals surface area contributed by atoms with Gasteiger partial charge in [-0.1, -0.05) is 12.2 Å². The third-order valence-corrected chi connectivity index (χ3v) is 4.50. The fraction of sp³-hybridized carbons (Fsp3) is 0.333. The first-order valence-electron chi connectivity index (χ1n) is 7.66. The molecule has 2 aliphatic rings. The normalized spacial score (nSPS) is 24.5. The van der Waals surface area contributed by atoms with Crippen molar-refractivity contribution in [1.29, 1.82) is 0 Å². The summed E-state index contributed by atoms with van der Waals surface area (Å²) in [6.45, 7) is 1.57. The maximum atomic E-state index is 13.8. The first kappa shape index (κ1) is 13.4. The van der Waals surface area contributed by atoms with Crippen LogP contribution < -0.4 is 0 Å². The highest BCUT2D eigenvalue weighted by atomic mass is 19.1. The average molecular weight is 296 g/mol. The van der Waals surface area contributed by atoms with Gasteiger partial charge in [0, 0.05) is 41.2 Å². The molecule has 0 spiro atoms. The van der Waals surface area contributed by atoms with E-state index in [0.29, 0.717) is 12.8 Å². The first-order valence-corrected chi connectivity index (χ1v) is 7.66. The number of nitrogens with zero attached hydrogens (tertiary/aromatic N) is 1. The maximum absolute atomic E-state index is 13.8. The Morgan fingerprint density at radius 1 is 1.36 bits per heavy atom. The van der Waals surface area contributed by atoms with Crippen molar-refractivity contribution in [2.45, 2.75) is 38.3 Å². The number of carbonyl (C=O) groups excluding carboxylic acids is 1. The summed E-state index contributed by atoms with van der Waals surface area (Å²) in [4.78, 5) is 19.9. The molecule has 1 atom stereocenters. The summed E-state index contributed by atoms with van der Waals surface area (Å²) in [5, 5.41) is 0.889. The summed E-state index contributed by atoms with van der Waals surface area (Å²) in [5.41, 5.74) is 3.18. The van der Waals surface area contributed by atoms with Crippen LogP contribution in [0.1, 0.15) is 47.8 Å². The molecule has 3 nitrogen and oxygen atoms in total. The monoisotopic (exact) mass is 296 g/mol. The number of carbonyl (C=O) groups is 1. The van der Waals surface area contributed by atoms with Gasteiger partial charge in [-0.05, 0) is 37.5 Å². The summed E-state index contributed by atoms with van der Waals surface area (Å²) in [5.74, 6) is 0.191. The van der Waals surface area contributed by atoms with Crippen LogP contribution in [0.2, 0.25) is 0 Å². The van der Waals surface area contributed by atoms with Gasteiger partial charge in [-0.3, -0.25) is 4.79 Å². The van der Waals surface area contributed by atoms with E-state index in [1.54, 1.807) is 25.3 Å². The first-order chi connectivity index (χ1) is 10.5. The van der Waals surface area contributed by atoms with E-state index in [-0.39, 0.29) is 5.78 Å². The summed E-state index contributed by atoms with van der Waals surface area (Å²) >= 11 is 0. The predicted octanol–water partition coefficient (Wildman–Crippen LogP) is 4.15. The summed E-state index contributed by atoms with van der Waals surface area (Å²) < 4.78 is 13.8. The van der Waals surface area contributed by atoms with Crippen LogP contribution in [-0.2, 0) is 6.42 Å². The van der Waals surface area contributed by atoms with Gasteiger partial charge in [-0.25, -0.2) is 9.37 Å². The number of alkyl halides is 1. The summed E-state index contributed by atoms with van der Waals surface area (Å²) in [7, 11) is 0. The maximum Gasteiger partial charge on any atom is 0.165 e. The lowest BCUT2D eigenvalue weighted by Gasteiger charge is -2.18. The van der Waals surface area contributed by atoms with Crippen molar-refractivity contribution in [1.82, 2.24) is 9.97 Å². The van der Waals surface area contributed by atoms with E-state index in [2.05, 4.69) is 9.97 Å². The van der Waals surface area contributed by atoms with Crippen LogP contribution in [-0.4, -0.2) is 21.4 Å². The molecule has 2 aromatic heterocycles. The number of nitrogens with one attached hydrogen (secondary N) is 1. The average Bonchev–Trinajstić information content (AvgIpc) is 2.86. The number of rotatable bonds is 1. The molecule has 2 heterocycles. The number of aromatic nitrogens is 2. The molecule has 22 heavy (non-hydrogen) atoms. The molecule has 0 saturated heterocycles. The number of halogens is 1. The highest BCUT2D eigenvalue weighted by Crippen LogP contribution is 2.33. The number of allylic oxidation sites excluding steroid dienone is 4. The van der Waals surface area contributed by atoms with E-state index in [1.807, 2.05) is 12.1 Å². The van der Waals surface area contributed by atoms with Gasteiger partial charge in [0.15, 0.2) is 5.78 Å². The number of pyridine rings is 1. The van der Waals surface area contributed by atoms with Crippen molar-refractivity contribution in [2.75, 3.05) is 0 Å². The third kappa shape index (κ3) is 2.10. The van der Waals surface area contributed by atoms with Crippen molar-refractivity contribution in [3.05, 3.63) is 47.3 Å². The number of hydrogen-bond donors (Lipinski definition) is 1. The third-order valence-electron chi connectivity index (χ3n) is 4.50. The van der Waals surface area contributed by atoms with Gasteiger partial charge >= 0.3 is 0 Å². The van der Waals surface area contributed by atoms with E-state index < -0.39 is 5.67 Å². The standard InChI is InChI=1S/C18H17FN2O/c1-18(19)7-5-11(6-8-18)12-9-13-16-14(3-2-4-15(16)22)21-17(13)20-10-12/h5-7,9-10H,2-4,8H2,1H3,(H,20,21)/t18-/m0/s1. The molecule has 0 aromatic carbocycles. The summed E-state index contributed by atoms with van der Waals surface area (Å²) in [6, 6.07) is 2.00. The minimum Gasteiger partial charge on any atom is -0.343 e. The van der Waals surface area contributed by atoms with Gasteiger partial charge in [0.2, 0.25) is 0 Å². The number of ketones is 1. The quantitative estimate of drug-likeness (QED) is 0.859. The Bertz CT molecular complexity index is 842. The lowest BCUT2D eigenvalue weighted by molar-refractivity contribution is 0.0974. The number of H-pyrrole nitrogens is 1. The zero-order valence-corrected chi connectivity index (χ0v) is 12.4. The van der Waals surface area contributed by atoms with E-state index >= 15 is 0 Å². The molecule has 0 saturated carbocycles. The second kappa shape index (κ2) is 4.63. The van der Waals surface area contributed by atoms with Gasteiger partial charge in [-0.15, -0.1) is 0 Å².